The maximum atomic E-state index is 11.7. The summed E-state index contributed by atoms with van der Waals surface area (Å²) in [5, 5.41) is 3.80. The van der Waals surface area contributed by atoms with E-state index in [-0.39, 0.29) is 0 Å². The van der Waals surface area contributed by atoms with Gasteiger partial charge < -0.3 is 10.2 Å². The van der Waals surface area contributed by atoms with Gasteiger partial charge in [0.05, 0.1) is 0 Å². The molecule has 3 nitrogen and oxygen atoms in total. The zero-order chi connectivity index (χ0) is 13.8. The van der Waals surface area contributed by atoms with E-state index in [4.69, 9.17) is 0 Å². The third-order valence-electron chi connectivity index (χ3n) is 4.84. The quantitative estimate of drug-likeness (QED) is 0.830. The predicted molar refractivity (Wildman–Crippen MR) is 79.0 cm³/mol. The minimum atomic E-state index is 0.345. The lowest BCUT2D eigenvalue weighted by Gasteiger charge is -2.37. The van der Waals surface area contributed by atoms with Crippen molar-refractivity contribution in [3.05, 3.63) is 0 Å². The molecule has 3 heteroatoms. The van der Waals surface area contributed by atoms with Gasteiger partial charge in [-0.3, -0.25) is 4.79 Å². The highest BCUT2D eigenvalue weighted by Crippen LogP contribution is 2.30. The molecule has 1 saturated heterocycles. The summed E-state index contributed by atoms with van der Waals surface area (Å²) in [5.74, 6) is 1.92. The number of carbonyl (C=O) groups excluding carboxylic acids is 1. The maximum Gasteiger partial charge on any atom is 0.222 e. The first-order valence-corrected chi connectivity index (χ1v) is 8.11. The van der Waals surface area contributed by atoms with E-state index in [1.54, 1.807) is 0 Å². The van der Waals surface area contributed by atoms with Gasteiger partial charge in [0.2, 0.25) is 5.91 Å². The van der Waals surface area contributed by atoms with Gasteiger partial charge in [0.1, 0.15) is 0 Å². The summed E-state index contributed by atoms with van der Waals surface area (Å²) in [6.45, 7) is 8.78. The van der Waals surface area contributed by atoms with Gasteiger partial charge in [-0.2, -0.15) is 0 Å². The minimum Gasteiger partial charge on any atom is -0.341 e. The number of rotatable bonds is 5. The number of amides is 1. The smallest absolute Gasteiger partial charge is 0.222 e. The Kier molecular flexibility index (Phi) is 5.26. The van der Waals surface area contributed by atoms with E-state index in [1.165, 1.54) is 25.7 Å². The Balaban J connectivity index is 1.82. The topological polar surface area (TPSA) is 32.3 Å². The summed E-state index contributed by atoms with van der Waals surface area (Å²) in [6, 6.07) is 1.08. The van der Waals surface area contributed by atoms with Crippen LogP contribution in [0.3, 0.4) is 0 Å². The van der Waals surface area contributed by atoms with Crippen molar-refractivity contribution in [1.82, 2.24) is 10.2 Å². The van der Waals surface area contributed by atoms with Crippen LogP contribution < -0.4 is 5.32 Å². The van der Waals surface area contributed by atoms with E-state index in [0.717, 1.165) is 37.8 Å². The molecule has 0 radical (unpaired) electrons. The molecule has 1 aliphatic heterocycles. The molecule has 0 bridgehead atoms. The molecule has 0 aromatic rings. The highest BCUT2D eigenvalue weighted by Gasteiger charge is 2.29. The molecule has 2 aliphatic rings. The molecule has 0 aromatic carbocycles. The van der Waals surface area contributed by atoms with Crippen molar-refractivity contribution in [2.24, 2.45) is 11.8 Å². The van der Waals surface area contributed by atoms with E-state index in [9.17, 15) is 4.79 Å². The van der Waals surface area contributed by atoms with E-state index < -0.39 is 0 Å². The van der Waals surface area contributed by atoms with Gasteiger partial charge >= 0.3 is 0 Å². The molecule has 3 atom stereocenters. The Bertz CT molecular complexity index is 303. The van der Waals surface area contributed by atoms with Crippen LogP contribution in [0.2, 0.25) is 0 Å². The number of nitrogens with one attached hydrogen (secondary N) is 1. The molecular formula is C16H30N2O. The molecule has 3 unspecified atom stereocenters. The fraction of sp³-hybridized carbons (Fsp3) is 0.938. The molecule has 1 aliphatic carbocycles. The molecule has 2 rings (SSSR count). The summed E-state index contributed by atoms with van der Waals surface area (Å²) >= 11 is 0. The highest BCUT2D eigenvalue weighted by molar-refractivity contribution is 5.78. The lowest BCUT2D eigenvalue weighted by atomic mass is 9.77. The Morgan fingerprint density at radius 2 is 1.95 bits per heavy atom. The Morgan fingerprint density at radius 1 is 1.21 bits per heavy atom. The van der Waals surface area contributed by atoms with Crippen molar-refractivity contribution in [3.8, 4) is 0 Å². The van der Waals surface area contributed by atoms with Gasteiger partial charge in [0.25, 0.3) is 0 Å². The van der Waals surface area contributed by atoms with Crippen LogP contribution in [0.15, 0.2) is 0 Å². The van der Waals surface area contributed by atoms with Crippen LogP contribution in [0.25, 0.3) is 0 Å². The molecule has 1 amide bonds. The summed E-state index contributed by atoms with van der Waals surface area (Å²) in [5.41, 5.74) is 0. The molecule has 110 valence electrons. The molecule has 1 heterocycles. The standard InChI is InChI=1S/C16H30N2O/c1-12(2)14-7-4-5-8-15(14)17-13(3)11-18-10-6-9-16(18)19/h12-15,17H,4-11H2,1-3H3. The monoisotopic (exact) mass is 266 g/mol. The normalized spacial score (nSPS) is 30.1. The maximum absolute atomic E-state index is 11.7. The zero-order valence-electron chi connectivity index (χ0n) is 12.8. The first-order valence-electron chi connectivity index (χ1n) is 8.11. The molecule has 1 N–H and O–H groups in total. The summed E-state index contributed by atoms with van der Waals surface area (Å²) in [7, 11) is 0. The second-order valence-electron chi connectivity index (χ2n) is 6.81. The van der Waals surface area contributed by atoms with Crippen LogP contribution in [-0.2, 0) is 4.79 Å². The van der Waals surface area contributed by atoms with Crippen molar-refractivity contribution in [2.45, 2.75) is 71.4 Å². The number of hydrogen-bond acceptors (Lipinski definition) is 2. The fourth-order valence-corrected chi connectivity index (χ4v) is 3.81. The number of nitrogens with zero attached hydrogens (tertiary/aromatic N) is 1. The van der Waals surface area contributed by atoms with E-state index in [0.29, 0.717) is 18.0 Å². The fourth-order valence-electron chi connectivity index (χ4n) is 3.81. The van der Waals surface area contributed by atoms with E-state index in [1.807, 2.05) is 4.90 Å². The second kappa shape index (κ2) is 6.74. The lowest BCUT2D eigenvalue weighted by molar-refractivity contribution is -0.128. The van der Waals surface area contributed by atoms with Crippen molar-refractivity contribution in [2.75, 3.05) is 13.1 Å². The van der Waals surface area contributed by atoms with Crippen LogP contribution in [0.4, 0.5) is 0 Å². The molecule has 19 heavy (non-hydrogen) atoms. The average Bonchev–Trinajstić information content (AvgIpc) is 2.75. The third kappa shape index (κ3) is 3.95. The van der Waals surface area contributed by atoms with Crippen molar-refractivity contribution in [3.63, 3.8) is 0 Å². The van der Waals surface area contributed by atoms with Crippen molar-refractivity contribution >= 4 is 5.91 Å². The van der Waals surface area contributed by atoms with Crippen LogP contribution in [-0.4, -0.2) is 36.0 Å². The SMILES string of the molecule is CC(CN1CCCC1=O)NC1CCCCC1C(C)C. The Labute approximate surface area is 118 Å². The summed E-state index contributed by atoms with van der Waals surface area (Å²) in [4.78, 5) is 13.7. The number of carbonyl (C=O) groups is 1. The van der Waals surface area contributed by atoms with Crippen LogP contribution in [0.5, 0.6) is 0 Å². The Hall–Kier alpha value is -0.570. The van der Waals surface area contributed by atoms with Gasteiger partial charge in [-0.1, -0.05) is 26.7 Å². The first-order chi connectivity index (χ1) is 9.08. The number of likely N-dealkylation sites (tertiary alicyclic amines) is 1. The van der Waals surface area contributed by atoms with Gasteiger partial charge in [-0.05, 0) is 38.0 Å². The van der Waals surface area contributed by atoms with Gasteiger partial charge in [0, 0.05) is 31.6 Å². The molecule has 2 fully saturated rings. The van der Waals surface area contributed by atoms with Crippen LogP contribution in [0, 0.1) is 11.8 Å². The zero-order valence-corrected chi connectivity index (χ0v) is 12.8. The molecule has 0 aromatic heterocycles. The lowest BCUT2D eigenvalue weighted by Crippen LogP contribution is -2.49. The van der Waals surface area contributed by atoms with E-state index >= 15 is 0 Å². The molecule has 0 spiro atoms. The van der Waals surface area contributed by atoms with Crippen LogP contribution >= 0.6 is 0 Å². The minimum absolute atomic E-state index is 0.345. The third-order valence-corrected chi connectivity index (χ3v) is 4.84. The van der Waals surface area contributed by atoms with Crippen LogP contribution in [0.1, 0.15) is 59.3 Å². The van der Waals surface area contributed by atoms with Gasteiger partial charge in [-0.15, -0.1) is 0 Å². The highest BCUT2D eigenvalue weighted by atomic mass is 16.2. The summed E-state index contributed by atoms with van der Waals surface area (Å²) in [6.07, 6.45) is 7.22. The van der Waals surface area contributed by atoms with Gasteiger partial charge in [-0.25, -0.2) is 0 Å². The Morgan fingerprint density at radius 3 is 2.58 bits per heavy atom. The summed E-state index contributed by atoms with van der Waals surface area (Å²) < 4.78 is 0. The average molecular weight is 266 g/mol. The molecular weight excluding hydrogens is 236 g/mol. The van der Waals surface area contributed by atoms with Crippen molar-refractivity contribution in [1.29, 1.82) is 0 Å². The number of hydrogen-bond donors (Lipinski definition) is 1. The largest absolute Gasteiger partial charge is 0.341 e. The van der Waals surface area contributed by atoms with Gasteiger partial charge in [0.15, 0.2) is 0 Å². The van der Waals surface area contributed by atoms with E-state index in [2.05, 4.69) is 26.1 Å². The second-order valence-corrected chi connectivity index (χ2v) is 6.81. The van der Waals surface area contributed by atoms with Crippen molar-refractivity contribution < 1.29 is 4.79 Å². The first kappa shape index (κ1) is 14.8. The molecule has 1 saturated carbocycles. The predicted octanol–water partition coefficient (Wildman–Crippen LogP) is 2.80.